The van der Waals surface area contributed by atoms with Crippen LogP contribution in [-0.2, 0) is 6.18 Å². The second kappa shape index (κ2) is 3.47. The van der Waals surface area contributed by atoms with E-state index in [1.54, 1.807) is 0 Å². The zero-order valence-electron chi connectivity index (χ0n) is 6.42. The van der Waals surface area contributed by atoms with Crippen molar-refractivity contribution in [2.75, 3.05) is 0 Å². The van der Waals surface area contributed by atoms with Gasteiger partial charge in [0.2, 0.25) is 0 Å². The molecule has 1 aromatic carbocycles. The predicted molar refractivity (Wildman–Crippen MR) is 40.8 cm³/mol. The summed E-state index contributed by atoms with van der Waals surface area (Å²) in [5.41, 5.74) is -0.553. The van der Waals surface area contributed by atoms with Gasteiger partial charge in [0, 0.05) is 0 Å². The predicted octanol–water partition coefficient (Wildman–Crippen LogP) is 2.51. The van der Waals surface area contributed by atoms with Crippen LogP contribution in [0, 0.1) is 0 Å². The first-order valence-electron chi connectivity index (χ1n) is 3.39. The van der Waals surface area contributed by atoms with Crippen molar-refractivity contribution in [1.29, 1.82) is 0 Å². The minimum atomic E-state index is -4.36. The molecule has 0 aromatic heterocycles. The molecule has 0 bridgehead atoms. The van der Waals surface area contributed by atoms with E-state index in [1.807, 2.05) is 0 Å². The molecule has 0 fully saturated rings. The SMILES string of the molecule is O/N=C\c1cccc(C(F)(F)F)c1. The minimum Gasteiger partial charge on any atom is -0.411 e. The first kappa shape index (κ1) is 9.57. The summed E-state index contributed by atoms with van der Waals surface area (Å²) in [7, 11) is 0. The molecule has 0 heterocycles. The van der Waals surface area contributed by atoms with Gasteiger partial charge in [0.25, 0.3) is 0 Å². The van der Waals surface area contributed by atoms with Crippen LogP contribution in [0.3, 0.4) is 0 Å². The van der Waals surface area contributed by atoms with E-state index >= 15 is 0 Å². The second-order valence-electron chi connectivity index (χ2n) is 2.37. The van der Waals surface area contributed by atoms with Crippen molar-refractivity contribution in [3.8, 4) is 0 Å². The Bertz CT molecular complexity index is 319. The van der Waals surface area contributed by atoms with Gasteiger partial charge in [-0.1, -0.05) is 17.3 Å². The third-order valence-corrected chi connectivity index (χ3v) is 1.42. The molecule has 0 saturated carbocycles. The molecule has 0 aliphatic heterocycles. The average Bonchev–Trinajstić information content (AvgIpc) is 2.04. The number of benzene rings is 1. The van der Waals surface area contributed by atoms with E-state index in [0.717, 1.165) is 18.3 Å². The van der Waals surface area contributed by atoms with Crippen LogP contribution in [0.5, 0.6) is 0 Å². The summed E-state index contributed by atoms with van der Waals surface area (Å²) < 4.78 is 36.3. The number of hydrogen-bond donors (Lipinski definition) is 1. The van der Waals surface area contributed by atoms with Gasteiger partial charge in [-0.15, -0.1) is 0 Å². The summed E-state index contributed by atoms with van der Waals surface area (Å²) in [6.45, 7) is 0. The fourth-order valence-electron chi connectivity index (χ4n) is 0.862. The monoisotopic (exact) mass is 189 g/mol. The third-order valence-electron chi connectivity index (χ3n) is 1.42. The molecule has 0 aliphatic rings. The molecule has 1 rings (SSSR count). The Hall–Kier alpha value is -1.52. The molecule has 5 heteroatoms. The van der Waals surface area contributed by atoms with E-state index in [1.165, 1.54) is 12.1 Å². The molecule has 0 aliphatic carbocycles. The maximum absolute atomic E-state index is 12.1. The van der Waals surface area contributed by atoms with Crippen molar-refractivity contribution in [1.82, 2.24) is 0 Å². The van der Waals surface area contributed by atoms with Crippen LogP contribution in [0.15, 0.2) is 29.4 Å². The maximum atomic E-state index is 12.1. The standard InChI is InChI=1S/C8H6F3NO/c9-8(10,11)7-3-1-2-6(4-7)5-12-13/h1-5,13H/b12-5-. The van der Waals surface area contributed by atoms with Gasteiger partial charge >= 0.3 is 6.18 Å². The highest BCUT2D eigenvalue weighted by atomic mass is 19.4. The highest BCUT2D eigenvalue weighted by Crippen LogP contribution is 2.29. The van der Waals surface area contributed by atoms with Gasteiger partial charge in [0.05, 0.1) is 11.8 Å². The van der Waals surface area contributed by atoms with Crippen LogP contribution in [0.2, 0.25) is 0 Å². The Kier molecular flexibility index (Phi) is 2.55. The lowest BCUT2D eigenvalue weighted by atomic mass is 10.1. The Morgan fingerprint density at radius 2 is 2.00 bits per heavy atom. The zero-order chi connectivity index (χ0) is 9.90. The molecule has 2 nitrogen and oxygen atoms in total. The summed E-state index contributed by atoms with van der Waals surface area (Å²) in [6, 6.07) is 4.52. The first-order valence-corrected chi connectivity index (χ1v) is 3.39. The molecule has 1 N–H and O–H groups in total. The number of hydrogen-bond acceptors (Lipinski definition) is 2. The molecule has 0 unspecified atom stereocenters. The van der Waals surface area contributed by atoms with E-state index in [-0.39, 0.29) is 5.56 Å². The van der Waals surface area contributed by atoms with E-state index in [0.29, 0.717) is 0 Å². The second-order valence-corrected chi connectivity index (χ2v) is 2.37. The number of oxime groups is 1. The van der Waals surface area contributed by atoms with Crippen LogP contribution in [0.25, 0.3) is 0 Å². The van der Waals surface area contributed by atoms with Crippen molar-refractivity contribution in [2.45, 2.75) is 6.18 Å². The Morgan fingerprint density at radius 3 is 2.54 bits per heavy atom. The lowest BCUT2D eigenvalue weighted by Gasteiger charge is -2.05. The molecular weight excluding hydrogens is 183 g/mol. The van der Waals surface area contributed by atoms with Crippen molar-refractivity contribution in [3.63, 3.8) is 0 Å². The van der Waals surface area contributed by atoms with Gasteiger partial charge in [-0.25, -0.2) is 0 Å². The van der Waals surface area contributed by atoms with Gasteiger partial charge < -0.3 is 5.21 Å². The van der Waals surface area contributed by atoms with Crippen LogP contribution in [-0.4, -0.2) is 11.4 Å². The molecule has 0 amide bonds. The largest absolute Gasteiger partial charge is 0.416 e. The van der Waals surface area contributed by atoms with Gasteiger partial charge in [0.1, 0.15) is 0 Å². The number of rotatable bonds is 1. The van der Waals surface area contributed by atoms with Crippen LogP contribution >= 0.6 is 0 Å². The van der Waals surface area contributed by atoms with Gasteiger partial charge in [-0.05, 0) is 17.7 Å². The van der Waals surface area contributed by atoms with Crippen LogP contribution in [0.1, 0.15) is 11.1 Å². The lowest BCUT2D eigenvalue weighted by Crippen LogP contribution is -2.04. The average molecular weight is 189 g/mol. The van der Waals surface area contributed by atoms with Crippen molar-refractivity contribution in [3.05, 3.63) is 35.4 Å². The fraction of sp³-hybridized carbons (Fsp3) is 0.125. The zero-order valence-corrected chi connectivity index (χ0v) is 6.42. The molecular formula is C8H6F3NO. The minimum absolute atomic E-state index is 0.206. The normalized spacial score (nSPS) is 12.2. The van der Waals surface area contributed by atoms with E-state index < -0.39 is 11.7 Å². The summed E-state index contributed by atoms with van der Waals surface area (Å²) in [5, 5.41) is 10.7. The number of alkyl halides is 3. The maximum Gasteiger partial charge on any atom is 0.416 e. The summed E-state index contributed by atoms with van der Waals surface area (Å²) in [5.74, 6) is 0. The van der Waals surface area contributed by atoms with Crippen LogP contribution in [0.4, 0.5) is 13.2 Å². The third kappa shape index (κ3) is 2.47. The summed E-state index contributed by atoms with van der Waals surface area (Å²) >= 11 is 0. The van der Waals surface area contributed by atoms with Crippen molar-refractivity contribution >= 4 is 6.21 Å². The lowest BCUT2D eigenvalue weighted by molar-refractivity contribution is -0.137. The Morgan fingerprint density at radius 1 is 1.31 bits per heavy atom. The highest BCUT2D eigenvalue weighted by molar-refractivity contribution is 5.79. The Balaban J connectivity index is 3.05. The topological polar surface area (TPSA) is 32.6 Å². The smallest absolute Gasteiger partial charge is 0.411 e. The molecule has 13 heavy (non-hydrogen) atoms. The summed E-state index contributed by atoms with van der Waals surface area (Å²) in [4.78, 5) is 0. The summed E-state index contributed by atoms with van der Waals surface area (Å²) in [6.07, 6.45) is -3.42. The fourth-order valence-corrected chi connectivity index (χ4v) is 0.862. The van der Waals surface area contributed by atoms with Crippen molar-refractivity contribution in [2.24, 2.45) is 5.16 Å². The number of halogens is 3. The molecule has 70 valence electrons. The molecule has 0 radical (unpaired) electrons. The van der Waals surface area contributed by atoms with E-state index in [2.05, 4.69) is 5.16 Å². The molecule has 0 atom stereocenters. The van der Waals surface area contributed by atoms with Crippen LogP contribution < -0.4 is 0 Å². The quantitative estimate of drug-likeness (QED) is 0.411. The van der Waals surface area contributed by atoms with Crippen molar-refractivity contribution < 1.29 is 18.4 Å². The highest BCUT2D eigenvalue weighted by Gasteiger charge is 2.30. The van der Waals surface area contributed by atoms with Gasteiger partial charge in [0.15, 0.2) is 0 Å². The Labute approximate surface area is 72.3 Å². The molecule has 0 saturated heterocycles. The van der Waals surface area contributed by atoms with Gasteiger partial charge in [-0.2, -0.15) is 13.2 Å². The number of nitrogens with zero attached hydrogens (tertiary/aromatic N) is 1. The van der Waals surface area contributed by atoms with E-state index in [4.69, 9.17) is 5.21 Å². The molecule has 1 aromatic rings. The molecule has 0 spiro atoms. The van der Waals surface area contributed by atoms with Gasteiger partial charge in [-0.3, -0.25) is 0 Å². The first-order chi connectivity index (χ1) is 6.04. The van der Waals surface area contributed by atoms with E-state index in [9.17, 15) is 13.2 Å².